The summed E-state index contributed by atoms with van der Waals surface area (Å²) >= 11 is 0. The van der Waals surface area contributed by atoms with Gasteiger partial charge in [0.15, 0.2) is 5.84 Å². The van der Waals surface area contributed by atoms with Crippen LogP contribution in [0, 0.1) is 11.6 Å². The van der Waals surface area contributed by atoms with Crippen LogP contribution >= 0.6 is 0 Å². The maximum atomic E-state index is 14.4. The Bertz CT molecular complexity index is 1760. The van der Waals surface area contributed by atoms with Crippen molar-refractivity contribution < 1.29 is 31.5 Å². The smallest absolute Gasteiger partial charge is 0.416 e. The number of carbonyl (C=O) groups is 1. The minimum atomic E-state index is -4.74. The molecule has 10 nitrogen and oxygen atoms in total. The first-order chi connectivity index (χ1) is 20.3. The molecule has 0 fully saturated rings. The lowest BCUT2D eigenvalue weighted by molar-refractivity contribution is -0.138. The number of aromatic nitrogens is 3. The maximum Gasteiger partial charge on any atom is 0.416 e. The second-order valence-electron chi connectivity index (χ2n) is 9.08. The molecule has 2 aromatic heterocycles. The van der Waals surface area contributed by atoms with Gasteiger partial charge < -0.3 is 21.9 Å². The number of methoxy groups -OCH3 is 1. The number of alkyl halides is 3. The van der Waals surface area contributed by atoms with Crippen LogP contribution in [0.4, 0.5) is 26.7 Å². The molecule has 43 heavy (non-hydrogen) atoms. The van der Waals surface area contributed by atoms with Crippen molar-refractivity contribution in [2.45, 2.75) is 19.1 Å². The van der Waals surface area contributed by atoms with Gasteiger partial charge in [0.1, 0.15) is 34.5 Å². The van der Waals surface area contributed by atoms with Crippen molar-refractivity contribution in [2.75, 3.05) is 7.11 Å². The first-order valence-electron chi connectivity index (χ1n) is 12.4. The average Bonchev–Trinajstić information content (AvgIpc) is 3.30. The van der Waals surface area contributed by atoms with Crippen molar-refractivity contribution in [3.05, 3.63) is 113 Å². The molecule has 0 bridgehead atoms. The Morgan fingerprint density at radius 3 is 2.35 bits per heavy atom. The summed E-state index contributed by atoms with van der Waals surface area (Å²) in [6, 6.07) is 11.6. The summed E-state index contributed by atoms with van der Waals surface area (Å²) in [6.45, 7) is 3.10. The van der Waals surface area contributed by atoms with E-state index in [4.69, 9.17) is 21.9 Å². The third kappa shape index (κ3) is 6.55. The van der Waals surface area contributed by atoms with E-state index in [-0.39, 0.29) is 34.5 Å². The Balaban J connectivity index is 1.76. The number of hydrogen-bond acceptors (Lipinski definition) is 7. The van der Waals surface area contributed by atoms with Crippen molar-refractivity contribution in [3.63, 3.8) is 0 Å². The largest absolute Gasteiger partial charge is 0.452 e. The predicted octanol–water partition coefficient (Wildman–Crippen LogP) is 4.46. The molecule has 0 aliphatic rings. The SMILES string of the molecule is C=C(/N=C(/N)C(=C(N)N)N(Cc1ccccc1C(F)(F)F)C(=O)OC)n1nc(Cc2ccccc2F)c2ncc(F)cc21. The van der Waals surface area contributed by atoms with Crippen LogP contribution < -0.4 is 17.2 Å². The molecule has 0 saturated carbocycles. The van der Waals surface area contributed by atoms with Gasteiger partial charge in [0.2, 0.25) is 0 Å². The fraction of sp³-hybridized carbons (Fsp3) is 0.143. The first-order valence-corrected chi connectivity index (χ1v) is 12.4. The van der Waals surface area contributed by atoms with Gasteiger partial charge in [-0.25, -0.2) is 28.2 Å². The zero-order valence-electron chi connectivity index (χ0n) is 22.6. The van der Waals surface area contributed by atoms with Crippen LogP contribution in [0.25, 0.3) is 16.9 Å². The molecular weight excluding hydrogens is 575 g/mol. The molecule has 0 unspecified atom stereocenters. The highest BCUT2D eigenvalue weighted by Gasteiger charge is 2.35. The Morgan fingerprint density at radius 2 is 1.72 bits per heavy atom. The molecule has 0 aliphatic heterocycles. The second kappa shape index (κ2) is 12.2. The second-order valence-corrected chi connectivity index (χ2v) is 9.08. The number of rotatable bonds is 8. The molecule has 2 heterocycles. The van der Waals surface area contributed by atoms with Crippen molar-refractivity contribution in [3.8, 4) is 0 Å². The molecule has 0 saturated heterocycles. The van der Waals surface area contributed by atoms with E-state index in [0.717, 1.165) is 36.2 Å². The van der Waals surface area contributed by atoms with E-state index in [9.17, 15) is 26.7 Å². The third-order valence-electron chi connectivity index (χ3n) is 6.20. The minimum Gasteiger partial charge on any atom is -0.452 e. The third-order valence-corrected chi connectivity index (χ3v) is 6.20. The Hall–Kier alpha value is -5.47. The summed E-state index contributed by atoms with van der Waals surface area (Å²) in [5.74, 6) is -2.58. The highest BCUT2D eigenvalue weighted by Crippen LogP contribution is 2.33. The van der Waals surface area contributed by atoms with E-state index >= 15 is 0 Å². The lowest BCUT2D eigenvalue weighted by atomic mass is 10.1. The van der Waals surface area contributed by atoms with Crippen LogP contribution in [0.15, 0.2) is 83.9 Å². The van der Waals surface area contributed by atoms with Crippen molar-refractivity contribution in [1.82, 2.24) is 19.7 Å². The normalized spacial score (nSPS) is 11.8. The number of hydrogen-bond donors (Lipinski definition) is 3. The van der Waals surface area contributed by atoms with E-state index in [1.165, 1.54) is 24.3 Å². The van der Waals surface area contributed by atoms with Crippen LogP contribution in [0.1, 0.15) is 22.4 Å². The fourth-order valence-electron chi connectivity index (χ4n) is 4.30. The molecule has 0 aliphatic carbocycles. The molecule has 1 amide bonds. The summed E-state index contributed by atoms with van der Waals surface area (Å²) < 4.78 is 75.4. The number of halogens is 5. The number of carbonyl (C=O) groups excluding carboxylic acids is 1. The number of nitrogens with two attached hydrogens (primary N) is 3. The number of amides is 1. The number of nitrogens with zero attached hydrogens (tertiary/aromatic N) is 5. The lowest BCUT2D eigenvalue weighted by Crippen LogP contribution is -2.40. The molecule has 0 atom stereocenters. The Labute approximate surface area is 241 Å². The van der Waals surface area contributed by atoms with Gasteiger partial charge in [0.05, 0.1) is 36.6 Å². The van der Waals surface area contributed by atoms with E-state index < -0.39 is 53.4 Å². The zero-order chi connectivity index (χ0) is 31.5. The van der Waals surface area contributed by atoms with Gasteiger partial charge in [0, 0.05) is 12.5 Å². The highest BCUT2D eigenvalue weighted by atomic mass is 19.4. The van der Waals surface area contributed by atoms with E-state index in [1.54, 1.807) is 12.1 Å². The summed E-state index contributed by atoms with van der Waals surface area (Å²) in [5.41, 5.74) is 16.9. The molecule has 224 valence electrons. The van der Waals surface area contributed by atoms with Crippen LogP contribution in [0.5, 0.6) is 0 Å². The van der Waals surface area contributed by atoms with E-state index in [0.29, 0.717) is 10.5 Å². The van der Waals surface area contributed by atoms with Crippen molar-refractivity contribution in [2.24, 2.45) is 22.2 Å². The van der Waals surface area contributed by atoms with Gasteiger partial charge in [-0.3, -0.25) is 4.90 Å². The minimum absolute atomic E-state index is 0.0169. The Kier molecular flexibility index (Phi) is 8.64. The highest BCUT2D eigenvalue weighted by molar-refractivity contribution is 6.02. The van der Waals surface area contributed by atoms with Crippen molar-refractivity contribution >= 4 is 28.8 Å². The number of aliphatic imine (C=N–C) groups is 1. The summed E-state index contributed by atoms with van der Waals surface area (Å²) in [5, 5.41) is 4.38. The van der Waals surface area contributed by atoms with Gasteiger partial charge in [-0.1, -0.05) is 43.0 Å². The predicted molar refractivity (Wildman–Crippen MR) is 148 cm³/mol. The summed E-state index contributed by atoms with van der Waals surface area (Å²) in [4.78, 5) is 21.6. The van der Waals surface area contributed by atoms with Crippen LogP contribution in [0.3, 0.4) is 0 Å². The van der Waals surface area contributed by atoms with Crippen LogP contribution in [-0.4, -0.2) is 38.7 Å². The molecule has 4 aromatic rings. The number of benzene rings is 2. The fourth-order valence-corrected chi connectivity index (χ4v) is 4.30. The molecular formula is C28H25F5N8O2. The van der Waals surface area contributed by atoms with Crippen LogP contribution in [0.2, 0.25) is 0 Å². The zero-order valence-corrected chi connectivity index (χ0v) is 22.6. The summed E-state index contributed by atoms with van der Waals surface area (Å²) in [6.07, 6.45) is -4.94. The van der Waals surface area contributed by atoms with Crippen LogP contribution in [-0.2, 0) is 23.9 Å². The number of amidine groups is 1. The molecule has 15 heteroatoms. The van der Waals surface area contributed by atoms with Gasteiger partial charge in [-0.15, -0.1) is 0 Å². The molecule has 0 radical (unpaired) electrons. The van der Waals surface area contributed by atoms with Crippen molar-refractivity contribution in [1.29, 1.82) is 0 Å². The van der Waals surface area contributed by atoms with Gasteiger partial charge in [-0.2, -0.15) is 18.3 Å². The first kappa shape index (κ1) is 30.5. The quantitative estimate of drug-likeness (QED) is 0.154. The molecule has 0 spiro atoms. The number of pyridine rings is 1. The number of ether oxygens (including phenoxy) is 1. The lowest BCUT2D eigenvalue weighted by Gasteiger charge is -2.26. The topological polar surface area (TPSA) is 151 Å². The molecule has 4 rings (SSSR count). The summed E-state index contributed by atoms with van der Waals surface area (Å²) in [7, 11) is 0.996. The van der Waals surface area contributed by atoms with Gasteiger partial charge in [0.25, 0.3) is 0 Å². The maximum absolute atomic E-state index is 14.4. The monoisotopic (exact) mass is 600 g/mol. The van der Waals surface area contributed by atoms with Gasteiger partial charge >= 0.3 is 12.3 Å². The molecule has 6 N–H and O–H groups in total. The van der Waals surface area contributed by atoms with E-state index in [2.05, 4.69) is 21.7 Å². The number of fused-ring (bicyclic) bond motifs is 1. The van der Waals surface area contributed by atoms with Gasteiger partial charge in [-0.05, 0) is 23.3 Å². The van der Waals surface area contributed by atoms with E-state index in [1.807, 2.05) is 0 Å². The standard InChI is InChI=1S/C28H25F5N8O2/c1-15(41-22-12-18(29)13-37-23(22)21(39-41)11-16-7-4-6-10-20(16)30)38-26(36)24(25(34)35)40(27(42)43-2)14-17-8-3-5-9-19(17)28(31,32)33/h3-10,12-13H,1,11,14,34-35H2,2H3,(H2,36,38). The Morgan fingerprint density at radius 1 is 1.07 bits per heavy atom. The average molecular weight is 601 g/mol. The molecule has 2 aromatic carbocycles.